The van der Waals surface area contributed by atoms with Crippen LogP contribution < -0.4 is 5.73 Å². The van der Waals surface area contributed by atoms with Crippen molar-refractivity contribution in [2.75, 3.05) is 14.1 Å². The van der Waals surface area contributed by atoms with Gasteiger partial charge in [0.1, 0.15) is 28.9 Å². The second-order valence-corrected chi connectivity index (χ2v) is 14.4. The summed E-state index contributed by atoms with van der Waals surface area (Å²) in [4.78, 5) is 56.6. The number of nitrogens with zero attached hydrogens (tertiary/aromatic N) is 1. The minimum absolute atomic E-state index is 0.0116. The van der Waals surface area contributed by atoms with Gasteiger partial charge in [-0.3, -0.25) is 24.1 Å². The second-order valence-electron chi connectivity index (χ2n) is 14.4. The largest absolute Gasteiger partial charge is 0.508 e. The number of aliphatic hydroxyl groups is 3. The Morgan fingerprint density at radius 2 is 1.59 bits per heavy atom. The fraction of sp³-hybridized carbons (Fsp3) is 0.576. The van der Waals surface area contributed by atoms with Crippen molar-refractivity contribution in [3.63, 3.8) is 0 Å². The Morgan fingerprint density at radius 3 is 2.14 bits per heavy atom. The van der Waals surface area contributed by atoms with Crippen molar-refractivity contribution >= 4 is 29.2 Å². The van der Waals surface area contributed by atoms with Crippen molar-refractivity contribution in [3.8, 4) is 5.75 Å². The van der Waals surface area contributed by atoms with Crippen molar-refractivity contribution in [1.29, 1.82) is 0 Å². The van der Waals surface area contributed by atoms with Crippen LogP contribution in [0.25, 0.3) is 5.76 Å². The summed E-state index contributed by atoms with van der Waals surface area (Å²) < 4.78 is 6.48. The third-order valence-corrected chi connectivity index (χ3v) is 11.7. The van der Waals surface area contributed by atoms with Crippen LogP contribution in [0.3, 0.4) is 0 Å². The highest BCUT2D eigenvalue weighted by molar-refractivity contribution is 6.24. The minimum Gasteiger partial charge on any atom is -0.508 e. The van der Waals surface area contributed by atoms with E-state index in [-0.39, 0.29) is 16.9 Å². The number of likely N-dealkylation sites (N-methyl/N-ethyl adjacent to an activating group) is 1. The zero-order chi connectivity index (χ0) is 31.6. The number of fused-ring (bicyclic) bond motifs is 3. The summed E-state index contributed by atoms with van der Waals surface area (Å²) in [6.45, 7) is 1.76. The maximum absolute atomic E-state index is 14.4. The molecule has 6 unspecified atom stereocenters. The van der Waals surface area contributed by atoms with Gasteiger partial charge in [0.25, 0.3) is 5.91 Å². The highest BCUT2D eigenvalue weighted by Crippen LogP contribution is 2.62. The number of phenolic OH excluding ortho intramolecular Hbond substituents is 1. The first kappa shape index (κ1) is 29.0. The molecular weight excluding hydrogens is 568 g/mol. The lowest BCUT2D eigenvalue weighted by molar-refractivity contribution is -0.200. The first-order chi connectivity index (χ1) is 20.7. The lowest BCUT2D eigenvalue weighted by atomic mass is 9.49. The van der Waals surface area contributed by atoms with E-state index in [1.165, 1.54) is 25.1 Å². The Bertz CT molecular complexity index is 1560. The van der Waals surface area contributed by atoms with Gasteiger partial charge in [-0.05, 0) is 87.9 Å². The molecule has 1 aromatic rings. The molecule has 234 valence electrons. The maximum atomic E-state index is 14.4. The maximum Gasteiger partial charge on any atom is 0.312 e. The number of hydrogen-bond acceptors (Lipinski definition) is 10. The van der Waals surface area contributed by atoms with Gasteiger partial charge in [0, 0.05) is 11.5 Å². The van der Waals surface area contributed by atoms with E-state index in [2.05, 4.69) is 0 Å². The average Bonchev–Trinajstić information content (AvgIpc) is 2.93. The summed E-state index contributed by atoms with van der Waals surface area (Å²) in [5.74, 6) is -7.99. The van der Waals surface area contributed by atoms with Gasteiger partial charge in [-0.15, -0.1) is 0 Å². The quantitative estimate of drug-likeness (QED) is 0.251. The third kappa shape index (κ3) is 3.62. The molecule has 1 amide bonds. The Morgan fingerprint density at radius 1 is 1.00 bits per heavy atom. The number of ketones is 2. The van der Waals surface area contributed by atoms with Crippen LogP contribution in [0.5, 0.6) is 5.75 Å². The van der Waals surface area contributed by atoms with Gasteiger partial charge in [-0.25, -0.2) is 0 Å². The number of carbonyl (C=O) groups is 4. The van der Waals surface area contributed by atoms with E-state index < -0.39 is 81.4 Å². The fourth-order valence-electron chi connectivity index (χ4n) is 10.3. The molecule has 1 aromatic carbocycles. The van der Waals surface area contributed by atoms with Crippen LogP contribution in [0.2, 0.25) is 0 Å². The number of Topliss-reactive ketones (excluding diaryl/α,β-unsaturated/α-hetero) is 2. The average molecular weight is 607 g/mol. The molecule has 0 aromatic heterocycles. The molecule has 8 rings (SSSR count). The van der Waals surface area contributed by atoms with Crippen molar-refractivity contribution in [2.24, 2.45) is 40.7 Å². The van der Waals surface area contributed by atoms with Gasteiger partial charge in [0.15, 0.2) is 11.4 Å². The molecule has 0 radical (unpaired) electrons. The summed E-state index contributed by atoms with van der Waals surface area (Å²) in [6, 6.07) is 3.24. The topological polar surface area (TPSA) is 188 Å². The number of nitrogens with two attached hydrogens (primary N) is 1. The number of amides is 1. The normalized spacial score (nSPS) is 40.6. The molecule has 0 aliphatic heterocycles. The van der Waals surface area contributed by atoms with Crippen molar-refractivity contribution < 1.29 is 44.3 Å². The summed E-state index contributed by atoms with van der Waals surface area (Å²) >= 11 is 0. The Balaban J connectivity index is 1.45. The monoisotopic (exact) mass is 606 g/mol. The molecule has 4 bridgehead atoms. The van der Waals surface area contributed by atoms with Crippen LogP contribution in [-0.2, 0) is 23.9 Å². The number of aromatic hydroxyl groups is 1. The van der Waals surface area contributed by atoms with Gasteiger partial charge in [0.05, 0.1) is 22.9 Å². The molecular formula is C33H38N2O9. The van der Waals surface area contributed by atoms with E-state index in [1.54, 1.807) is 19.1 Å². The molecule has 0 saturated heterocycles. The zero-order valence-corrected chi connectivity index (χ0v) is 24.9. The van der Waals surface area contributed by atoms with E-state index >= 15 is 0 Å². The number of benzene rings is 1. The standard InChI is InChI=1S/C33H38N2O9/c1-13-17-5-4-6-18(36)20(17)25(37)21-19(13)27(44-31(42)32-10-14-7-15(11-32)9-16(8-14)12-32)23-24(35(2)3)26(38)22(30(34)41)29(40)33(23,43)28(21)39/h4-6,13-16,19,23-24,27,36-37,40,43H,7-12H2,1-3H3,(H2,34,41). The fourth-order valence-corrected chi connectivity index (χ4v) is 10.3. The van der Waals surface area contributed by atoms with Gasteiger partial charge in [-0.2, -0.15) is 0 Å². The minimum atomic E-state index is -2.94. The van der Waals surface area contributed by atoms with Gasteiger partial charge >= 0.3 is 5.97 Å². The van der Waals surface area contributed by atoms with E-state index in [0.29, 0.717) is 42.6 Å². The van der Waals surface area contributed by atoms with Crippen molar-refractivity contribution in [3.05, 3.63) is 46.2 Å². The number of aliphatic hydroxyl groups excluding tert-OH is 2. The summed E-state index contributed by atoms with van der Waals surface area (Å²) in [6.07, 6.45) is 3.90. The Labute approximate surface area is 254 Å². The van der Waals surface area contributed by atoms with Gasteiger partial charge in [-0.1, -0.05) is 19.1 Å². The molecule has 6 N–H and O–H groups in total. The van der Waals surface area contributed by atoms with Crippen LogP contribution in [0.4, 0.5) is 0 Å². The van der Waals surface area contributed by atoms with E-state index in [0.717, 1.165) is 19.3 Å². The number of hydrogen-bond donors (Lipinski definition) is 5. The SMILES string of the molecule is CC1c2cccc(O)c2C(O)=C2C(=O)C3(O)C(O)=C(C(N)=O)C(=O)C(N(C)C)C3C(OC(=O)C34CC5CC(CC(C5)C3)C4)C21. The zero-order valence-electron chi connectivity index (χ0n) is 24.9. The van der Waals surface area contributed by atoms with Crippen LogP contribution in [-0.4, -0.2) is 80.6 Å². The first-order valence-corrected chi connectivity index (χ1v) is 15.4. The molecule has 6 atom stereocenters. The van der Waals surface area contributed by atoms with Crippen molar-refractivity contribution in [1.82, 2.24) is 4.90 Å². The van der Waals surface area contributed by atoms with Crippen LogP contribution >= 0.6 is 0 Å². The molecule has 0 spiro atoms. The Kier molecular flexibility index (Phi) is 6.21. The number of esters is 1. The van der Waals surface area contributed by atoms with Crippen LogP contribution in [0.1, 0.15) is 62.5 Å². The number of carbonyl (C=O) groups excluding carboxylic acids is 4. The third-order valence-electron chi connectivity index (χ3n) is 11.7. The highest BCUT2D eigenvalue weighted by atomic mass is 16.5. The predicted octanol–water partition coefficient (Wildman–Crippen LogP) is 2.26. The van der Waals surface area contributed by atoms with Gasteiger partial charge in [0.2, 0.25) is 5.78 Å². The summed E-state index contributed by atoms with van der Waals surface area (Å²) in [5.41, 5.74) is 1.01. The second kappa shape index (κ2) is 9.40. The molecule has 0 heterocycles. The summed E-state index contributed by atoms with van der Waals surface area (Å²) in [7, 11) is 3.04. The van der Waals surface area contributed by atoms with E-state index in [4.69, 9.17) is 10.5 Å². The number of primary amides is 1. The number of ether oxygens (including phenoxy) is 1. The molecule has 44 heavy (non-hydrogen) atoms. The molecule has 7 aliphatic rings. The van der Waals surface area contributed by atoms with E-state index in [1.807, 2.05) is 0 Å². The highest BCUT2D eigenvalue weighted by Gasteiger charge is 2.70. The van der Waals surface area contributed by atoms with Crippen LogP contribution in [0, 0.1) is 35.0 Å². The summed E-state index contributed by atoms with van der Waals surface area (Å²) in [5, 5.41) is 46.0. The molecule has 5 fully saturated rings. The predicted molar refractivity (Wildman–Crippen MR) is 155 cm³/mol. The molecule has 11 heteroatoms. The van der Waals surface area contributed by atoms with Crippen molar-refractivity contribution in [2.45, 2.75) is 69.1 Å². The van der Waals surface area contributed by atoms with Crippen LogP contribution in [0.15, 0.2) is 35.1 Å². The number of phenols is 1. The van der Waals surface area contributed by atoms with Gasteiger partial charge < -0.3 is 30.9 Å². The smallest absolute Gasteiger partial charge is 0.312 e. The molecule has 7 aliphatic carbocycles. The van der Waals surface area contributed by atoms with E-state index in [9.17, 15) is 39.6 Å². The number of rotatable bonds is 4. The Hall–Kier alpha value is -3.70. The lowest BCUT2D eigenvalue weighted by Crippen LogP contribution is -2.71. The first-order valence-electron chi connectivity index (χ1n) is 15.4. The molecule has 11 nitrogen and oxygen atoms in total. The molecule has 5 saturated carbocycles. The lowest BCUT2D eigenvalue weighted by Gasteiger charge is -2.57.